The molecule has 1 aromatic carbocycles. The molecule has 2 aromatic rings. The molecular weight excluding hydrogens is 419 g/mol. The number of hydrogen-bond acceptors (Lipinski definition) is 3. The molecule has 4 aliphatic rings. The van der Waals surface area contributed by atoms with Crippen molar-refractivity contribution in [1.82, 2.24) is 14.7 Å². The molecule has 6 nitrogen and oxygen atoms in total. The number of rotatable bonds is 4. The van der Waals surface area contributed by atoms with Gasteiger partial charge in [0.05, 0.1) is 29.4 Å². The molecule has 2 bridgehead atoms. The summed E-state index contributed by atoms with van der Waals surface area (Å²) in [7, 11) is 0. The van der Waals surface area contributed by atoms with E-state index in [1.807, 2.05) is 4.90 Å². The molecular formula is C23H26ClFN4O2. The van der Waals surface area contributed by atoms with Crippen LogP contribution in [0.15, 0.2) is 18.2 Å². The van der Waals surface area contributed by atoms with Crippen molar-refractivity contribution in [2.24, 2.45) is 17.1 Å². The van der Waals surface area contributed by atoms with E-state index in [0.29, 0.717) is 43.0 Å². The minimum atomic E-state index is -0.616. The molecule has 0 atom stereocenters. The van der Waals surface area contributed by atoms with Crippen molar-refractivity contribution in [2.75, 3.05) is 6.54 Å². The van der Waals surface area contributed by atoms with Gasteiger partial charge in [0.25, 0.3) is 5.91 Å². The summed E-state index contributed by atoms with van der Waals surface area (Å²) in [4.78, 5) is 27.4. The Morgan fingerprint density at radius 1 is 1.19 bits per heavy atom. The third kappa shape index (κ3) is 3.63. The van der Waals surface area contributed by atoms with Gasteiger partial charge in [0.15, 0.2) is 0 Å². The molecule has 164 valence electrons. The summed E-state index contributed by atoms with van der Waals surface area (Å²) in [6.45, 7) is 1.34. The van der Waals surface area contributed by atoms with Crippen LogP contribution in [0.4, 0.5) is 4.39 Å². The first-order valence-electron chi connectivity index (χ1n) is 11.0. The van der Waals surface area contributed by atoms with E-state index < -0.39 is 11.7 Å². The molecule has 3 saturated carbocycles. The standard InChI is InChI=1S/C23H26ClFN4O2/c24-16-11-15(1-2-17(16)25)21-20(22(26)31)18-13-28(9-10-29(18)27-21)19(30)12-23-6-3-14(4-7-23)5-8-23/h1-2,11,14H,3-10,12-13H2,(H2,26,31). The lowest BCUT2D eigenvalue weighted by Gasteiger charge is -2.47. The average molecular weight is 445 g/mol. The monoisotopic (exact) mass is 444 g/mol. The van der Waals surface area contributed by atoms with E-state index >= 15 is 0 Å². The molecule has 1 aliphatic heterocycles. The van der Waals surface area contributed by atoms with E-state index in [2.05, 4.69) is 5.10 Å². The van der Waals surface area contributed by atoms with E-state index in [9.17, 15) is 14.0 Å². The highest BCUT2D eigenvalue weighted by Gasteiger charge is 2.42. The predicted molar refractivity (Wildman–Crippen MR) is 115 cm³/mol. The molecule has 3 fully saturated rings. The Morgan fingerprint density at radius 2 is 1.90 bits per heavy atom. The van der Waals surface area contributed by atoms with Crippen LogP contribution in [0.2, 0.25) is 5.02 Å². The number of aromatic nitrogens is 2. The second-order valence-electron chi connectivity index (χ2n) is 9.36. The van der Waals surface area contributed by atoms with Gasteiger partial charge >= 0.3 is 0 Å². The quantitative estimate of drug-likeness (QED) is 0.769. The zero-order chi connectivity index (χ0) is 21.8. The zero-order valence-corrected chi connectivity index (χ0v) is 18.1. The maximum atomic E-state index is 13.6. The highest BCUT2D eigenvalue weighted by atomic mass is 35.5. The topological polar surface area (TPSA) is 81.2 Å². The Hall–Kier alpha value is -2.41. The van der Waals surface area contributed by atoms with Gasteiger partial charge in [0, 0.05) is 18.5 Å². The Morgan fingerprint density at radius 3 is 2.55 bits per heavy atom. The number of hydrogen-bond donors (Lipinski definition) is 1. The fraction of sp³-hybridized carbons (Fsp3) is 0.522. The number of nitrogens with two attached hydrogens (primary N) is 1. The number of carbonyl (C=O) groups is 2. The summed E-state index contributed by atoms with van der Waals surface area (Å²) in [6.07, 6.45) is 7.77. The molecule has 0 radical (unpaired) electrons. The van der Waals surface area contributed by atoms with Crippen LogP contribution < -0.4 is 5.73 Å². The normalized spacial score (nSPS) is 24.8. The minimum Gasteiger partial charge on any atom is -0.365 e. The molecule has 31 heavy (non-hydrogen) atoms. The van der Waals surface area contributed by atoms with Crippen LogP contribution in [0.3, 0.4) is 0 Å². The average Bonchev–Trinajstić information content (AvgIpc) is 3.15. The van der Waals surface area contributed by atoms with E-state index in [1.165, 1.54) is 37.5 Å². The third-order valence-electron chi connectivity index (χ3n) is 7.55. The predicted octanol–water partition coefficient (Wildman–Crippen LogP) is 4.14. The fourth-order valence-corrected chi connectivity index (χ4v) is 5.85. The first-order valence-corrected chi connectivity index (χ1v) is 11.4. The maximum Gasteiger partial charge on any atom is 0.252 e. The lowest BCUT2D eigenvalue weighted by molar-refractivity contribution is -0.137. The summed E-state index contributed by atoms with van der Waals surface area (Å²) >= 11 is 5.93. The lowest BCUT2D eigenvalue weighted by Crippen LogP contribution is -2.43. The van der Waals surface area contributed by atoms with Gasteiger partial charge in [-0.1, -0.05) is 11.6 Å². The third-order valence-corrected chi connectivity index (χ3v) is 7.84. The number of amides is 2. The molecule has 2 heterocycles. The van der Waals surface area contributed by atoms with E-state index in [-0.39, 0.29) is 21.9 Å². The Labute approximate surface area is 185 Å². The molecule has 0 spiro atoms. The summed E-state index contributed by atoms with van der Waals surface area (Å²) < 4.78 is 15.3. The highest BCUT2D eigenvalue weighted by molar-refractivity contribution is 6.31. The maximum absolute atomic E-state index is 13.6. The van der Waals surface area contributed by atoms with Gasteiger partial charge in [0.2, 0.25) is 5.91 Å². The fourth-order valence-electron chi connectivity index (χ4n) is 5.67. The van der Waals surface area contributed by atoms with Crippen LogP contribution in [0.25, 0.3) is 11.3 Å². The van der Waals surface area contributed by atoms with E-state index in [1.54, 1.807) is 4.68 Å². The first kappa shape index (κ1) is 20.5. The van der Waals surface area contributed by atoms with Gasteiger partial charge < -0.3 is 10.6 Å². The summed E-state index contributed by atoms with van der Waals surface area (Å²) in [5.41, 5.74) is 7.67. The second kappa shape index (κ2) is 7.62. The Balaban J connectivity index is 1.41. The van der Waals surface area contributed by atoms with Gasteiger partial charge in [-0.15, -0.1) is 0 Å². The van der Waals surface area contributed by atoms with Gasteiger partial charge in [0.1, 0.15) is 11.5 Å². The van der Waals surface area contributed by atoms with Crippen LogP contribution in [-0.4, -0.2) is 33.0 Å². The van der Waals surface area contributed by atoms with Crippen molar-refractivity contribution >= 4 is 23.4 Å². The van der Waals surface area contributed by atoms with Crippen molar-refractivity contribution < 1.29 is 14.0 Å². The second-order valence-corrected chi connectivity index (χ2v) is 9.77. The number of nitrogens with zero attached hydrogens (tertiary/aromatic N) is 3. The van der Waals surface area contributed by atoms with Crippen LogP contribution in [0, 0.1) is 17.2 Å². The van der Waals surface area contributed by atoms with Crippen molar-refractivity contribution in [3.8, 4) is 11.3 Å². The summed E-state index contributed by atoms with van der Waals surface area (Å²) in [5.74, 6) is -0.148. The molecule has 8 heteroatoms. The molecule has 1 aromatic heterocycles. The molecule has 0 unspecified atom stereocenters. The van der Waals surface area contributed by atoms with Crippen molar-refractivity contribution in [1.29, 1.82) is 0 Å². The van der Waals surface area contributed by atoms with Gasteiger partial charge in [-0.2, -0.15) is 5.10 Å². The number of fused-ring (bicyclic) bond motifs is 4. The van der Waals surface area contributed by atoms with Gasteiger partial charge in [-0.3, -0.25) is 14.3 Å². The minimum absolute atomic E-state index is 0.0443. The largest absolute Gasteiger partial charge is 0.365 e. The number of primary amides is 1. The SMILES string of the molecule is NC(=O)c1c(-c2ccc(F)c(Cl)c2)nn2c1CN(C(=O)CC13CCC(CC1)CC3)CC2. The lowest BCUT2D eigenvalue weighted by atomic mass is 9.59. The van der Waals surface area contributed by atoms with Crippen molar-refractivity contribution in [3.63, 3.8) is 0 Å². The number of halogens is 2. The van der Waals surface area contributed by atoms with E-state index in [0.717, 1.165) is 25.2 Å². The smallest absolute Gasteiger partial charge is 0.252 e. The van der Waals surface area contributed by atoms with Crippen molar-refractivity contribution in [2.45, 2.75) is 58.0 Å². The molecule has 2 amide bonds. The molecule has 2 N–H and O–H groups in total. The summed E-state index contributed by atoms with van der Waals surface area (Å²) in [5, 5.41) is 4.51. The number of benzene rings is 1. The number of carbonyl (C=O) groups excluding carboxylic acids is 2. The van der Waals surface area contributed by atoms with Gasteiger partial charge in [-0.25, -0.2) is 4.39 Å². The van der Waals surface area contributed by atoms with Crippen LogP contribution >= 0.6 is 11.6 Å². The van der Waals surface area contributed by atoms with Crippen LogP contribution in [-0.2, 0) is 17.9 Å². The van der Waals surface area contributed by atoms with Crippen LogP contribution in [0.1, 0.15) is 61.0 Å². The van der Waals surface area contributed by atoms with Gasteiger partial charge in [-0.05, 0) is 68.1 Å². The summed E-state index contributed by atoms with van der Waals surface area (Å²) in [6, 6.07) is 4.22. The highest BCUT2D eigenvalue weighted by Crippen LogP contribution is 2.52. The van der Waals surface area contributed by atoms with Crippen LogP contribution in [0.5, 0.6) is 0 Å². The van der Waals surface area contributed by atoms with E-state index in [4.69, 9.17) is 17.3 Å². The Kier molecular flexibility index (Phi) is 5.04. The Bertz CT molecular complexity index is 1040. The molecule has 0 saturated heterocycles. The first-order chi connectivity index (χ1) is 14.8. The molecule has 3 aliphatic carbocycles. The zero-order valence-electron chi connectivity index (χ0n) is 17.4. The van der Waals surface area contributed by atoms with Crippen molar-refractivity contribution in [3.05, 3.63) is 40.3 Å². The molecule has 6 rings (SSSR count).